The maximum Gasteiger partial charge on any atom is 0.244 e. The van der Waals surface area contributed by atoms with Gasteiger partial charge in [-0.1, -0.05) is 11.8 Å². The van der Waals surface area contributed by atoms with Gasteiger partial charge in [0, 0.05) is 36.0 Å². The maximum absolute atomic E-state index is 11.9. The summed E-state index contributed by atoms with van der Waals surface area (Å²) in [5, 5.41) is 4.98. The zero-order chi connectivity index (χ0) is 13.8. The van der Waals surface area contributed by atoms with Crippen LogP contribution in [0.25, 0.3) is 0 Å². The zero-order valence-corrected chi connectivity index (χ0v) is 12.2. The Hall–Kier alpha value is -1.33. The third kappa shape index (κ3) is 3.41. The fraction of sp³-hybridized carbons (Fsp3) is 0.467. The van der Waals surface area contributed by atoms with Crippen molar-refractivity contribution < 1.29 is 4.79 Å². The number of pyridine rings is 1. The SMILES string of the molecule is O=C(/C=C\Sc1ccncc1)NC1CN2CCC1CC2. The molecule has 1 amide bonds. The number of carbonyl (C=O) groups is 1. The molecule has 1 aromatic heterocycles. The highest BCUT2D eigenvalue weighted by atomic mass is 32.2. The van der Waals surface area contributed by atoms with E-state index in [1.165, 1.54) is 37.7 Å². The van der Waals surface area contributed by atoms with Crippen LogP contribution in [0.1, 0.15) is 12.8 Å². The monoisotopic (exact) mass is 289 g/mol. The lowest BCUT2D eigenvalue weighted by Crippen LogP contribution is -2.57. The van der Waals surface area contributed by atoms with Gasteiger partial charge in [-0.3, -0.25) is 9.78 Å². The van der Waals surface area contributed by atoms with Crippen molar-refractivity contribution in [3.8, 4) is 0 Å². The Kier molecular flexibility index (Phi) is 4.38. The van der Waals surface area contributed by atoms with Crippen molar-refractivity contribution in [1.82, 2.24) is 15.2 Å². The second-order valence-electron chi connectivity index (χ2n) is 5.36. The number of nitrogens with zero attached hydrogens (tertiary/aromatic N) is 2. The zero-order valence-electron chi connectivity index (χ0n) is 11.4. The minimum Gasteiger partial charge on any atom is -0.348 e. The number of hydrogen-bond donors (Lipinski definition) is 1. The van der Waals surface area contributed by atoms with E-state index in [-0.39, 0.29) is 5.91 Å². The Morgan fingerprint density at radius 1 is 1.35 bits per heavy atom. The Morgan fingerprint density at radius 2 is 2.10 bits per heavy atom. The van der Waals surface area contributed by atoms with E-state index in [0.29, 0.717) is 12.0 Å². The first kappa shape index (κ1) is 13.6. The fourth-order valence-corrected chi connectivity index (χ4v) is 3.58. The molecule has 3 aliphatic heterocycles. The van der Waals surface area contributed by atoms with Gasteiger partial charge < -0.3 is 10.2 Å². The summed E-state index contributed by atoms with van der Waals surface area (Å²) < 4.78 is 0. The maximum atomic E-state index is 11.9. The highest BCUT2D eigenvalue weighted by molar-refractivity contribution is 8.02. The third-order valence-electron chi connectivity index (χ3n) is 4.06. The van der Waals surface area contributed by atoms with Gasteiger partial charge in [-0.15, -0.1) is 0 Å². The van der Waals surface area contributed by atoms with Gasteiger partial charge in [0.05, 0.1) is 0 Å². The lowest BCUT2D eigenvalue weighted by atomic mass is 9.84. The molecule has 106 valence electrons. The highest BCUT2D eigenvalue weighted by Gasteiger charge is 2.34. The first-order chi connectivity index (χ1) is 9.81. The standard InChI is InChI=1S/C15H19N3OS/c19-15(5-10-20-13-1-6-16-7-2-13)17-14-11-18-8-3-12(14)4-9-18/h1-2,5-7,10,12,14H,3-4,8-9,11H2,(H,17,19)/b10-5-. The van der Waals surface area contributed by atoms with Crippen LogP contribution in [-0.4, -0.2) is 41.5 Å². The van der Waals surface area contributed by atoms with E-state index in [9.17, 15) is 4.79 Å². The average molecular weight is 289 g/mol. The van der Waals surface area contributed by atoms with Crippen LogP contribution < -0.4 is 5.32 Å². The molecule has 4 heterocycles. The molecular formula is C15H19N3OS. The molecule has 5 heteroatoms. The van der Waals surface area contributed by atoms with Gasteiger partial charge >= 0.3 is 0 Å². The van der Waals surface area contributed by atoms with E-state index in [2.05, 4.69) is 15.2 Å². The molecule has 20 heavy (non-hydrogen) atoms. The largest absolute Gasteiger partial charge is 0.348 e. The van der Waals surface area contributed by atoms with Crippen molar-refractivity contribution in [2.45, 2.75) is 23.8 Å². The molecule has 0 aliphatic carbocycles. The molecule has 0 aromatic carbocycles. The van der Waals surface area contributed by atoms with Gasteiger partial charge in [-0.2, -0.15) is 0 Å². The molecule has 0 spiro atoms. The molecular weight excluding hydrogens is 270 g/mol. The molecule has 4 rings (SSSR count). The van der Waals surface area contributed by atoms with Crippen LogP contribution in [0.4, 0.5) is 0 Å². The lowest BCUT2D eigenvalue weighted by Gasteiger charge is -2.44. The molecule has 3 fully saturated rings. The van der Waals surface area contributed by atoms with Gasteiger partial charge in [0.1, 0.15) is 0 Å². The van der Waals surface area contributed by atoms with E-state index < -0.39 is 0 Å². The molecule has 2 bridgehead atoms. The van der Waals surface area contributed by atoms with E-state index in [1.54, 1.807) is 18.5 Å². The summed E-state index contributed by atoms with van der Waals surface area (Å²) in [5.74, 6) is 0.690. The second-order valence-corrected chi connectivity index (χ2v) is 6.34. The van der Waals surface area contributed by atoms with Gasteiger partial charge in [0.2, 0.25) is 5.91 Å². The van der Waals surface area contributed by atoms with Crippen LogP contribution in [0.2, 0.25) is 0 Å². The van der Waals surface area contributed by atoms with Gasteiger partial charge in [-0.05, 0) is 49.4 Å². The van der Waals surface area contributed by atoms with Crippen LogP contribution in [0, 0.1) is 5.92 Å². The number of fused-ring (bicyclic) bond motifs is 3. The molecule has 3 aliphatic rings. The number of rotatable bonds is 4. The van der Waals surface area contributed by atoms with Crippen molar-refractivity contribution in [1.29, 1.82) is 0 Å². The minimum absolute atomic E-state index is 0.0188. The molecule has 0 saturated carbocycles. The quantitative estimate of drug-likeness (QED) is 0.679. The van der Waals surface area contributed by atoms with E-state index in [1.807, 2.05) is 17.5 Å². The summed E-state index contributed by atoms with van der Waals surface area (Å²) in [5.41, 5.74) is 0. The van der Waals surface area contributed by atoms with Crippen LogP contribution >= 0.6 is 11.8 Å². The smallest absolute Gasteiger partial charge is 0.244 e. The van der Waals surface area contributed by atoms with Crippen molar-refractivity contribution in [3.05, 3.63) is 36.0 Å². The summed E-state index contributed by atoms with van der Waals surface area (Å²) in [6, 6.07) is 4.20. The third-order valence-corrected chi connectivity index (χ3v) is 4.87. The number of piperidine rings is 3. The Labute approximate surface area is 123 Å². The summed E-state index contributed by atoms with van der Waals surface area (Å²) in [4.78, 5) is 19.4. The Balaban J connectivity index is 1.47. The Bertz CT molecular complexity index is 483. The van der Waals surface area contributed by atoms with Gasteiger partial charge in [0.15, 0.2) is 0 Å². The first-order valence-corrected chi connectivity index (χ1v) is 7.95. The van der Waals surface area contributed by atoms with Crippen molar-refractivity contribution in [3.63, 3.8) is 0 Å². The molecule has 0 radical (unpaired) electrons. The van der Waals surface area contributed by atoms with E-state index in [4.69, 9.17) is 0 Å². The molecule has 1 aromatic rings. The molecule has 1 unspecified atom stereocenters. The van der Waals surface area contributed by atoms with Crippen molar-refractivity contribution >= 4 is 17.7 Å². The topological polar surface area (TPSA) is 45.2 Å². The summed E-state index contributed by atoms with van der Waals surface area (Å²) in [7, 11) is 0. The van der Waals surface area contributed by atoms with E-state index in [0.717, 1.165) is 11.4 Å². The number of thioether (sulfide) groups is 1. The number of carbonyl (C=O) groups excluding carboxylic acids is 1. The second kappa shape index (κ2) is 6.41. The number of hydrogen-bond acceptors (Lipinski definition) is 4. The predicted octanol–water partition coefficient (Wildman–Crippen LogP) is 1.90. The fourth-order valence-electron chi connectivity index (χ4n) is 2.95. The van der Waals surface area contributed by atoms with Crippen LogP contribution in [0.3, 0.4) is 0 Å². The van der Waals surface area contributed by atoms with Crippen LogP contribution in [0.5, 0.6) is 0 Å². The average Bonchev–Trinajstić information content (AvgIpc) is 2.49. The normalized spacial score (nSPS) is 28.7. The molecule has 1 atom stereocenters. The molecule has 1 N–H and O–H groups in total. The highest BCUT2D eigenvalue weighted by Crippen LogP contribution is 2.27. The predicted molar refractivity (Wildman–Crippen MR) is 80.3 cm³/mol. The van der Waals surface area contributed by atoms with Crippen LogP contribution in [0.15, 0.2) is 40.9 Å². The van der Waals surface area contributed by atoms with Gasteiger partial charge in [0.25, 0.3) is 0 Å². The first-order valence-electron chi connectivity index (χ1n) is 7.07. The molecule has 3 saturated heterocycles. The Morgan fingerprint density at radius 3 is 2.75 bits per heavy atom. The number of amides is 1. The van der Waals surface area contributed by atoms with Crippen molar-refractivity contribution in [2.24, 2.45) is 5.92 Å². The van der Waals surface area contributed by atoms with Gasteiger partial charge in [-0.25, -0.2) is 0 Å². The van der Waals surface area contributed by atoms with Crippen LogP contribution in [-0.2, 0) is 4.79 Å². The van der Waals surface area contributed by atoms with Crippen molar-refractivity contribution in [2.75, 3.05) is 19.6 Å². The molecule has 4 nitrogen and oxygen atoms in total. The minimum atomic E-state index is 0.0188. The number of nitrogens with one attached hydrogen (secondary N) is 1. The van der Waals surface area contributed by atoms with E-state index >= 15 is 0 Å². The summed E-state index contributed by atoms with van der Waals surface area (Å²) in [6.07, 6.45) is 7.58. The summed E-state index contributed by atoms with van der Waals surface area (Å²) >= 11 is 1.53. The summed E-state index contributed by atoms with van der Waals surface area (Å²) in [6.45, 7) is 3.41. The number of aromatic nitrogens is 1. The lowest BCUT2D eigenvalue weighted by molar-refractivity contribution is -0.118.